The van der Waals surface area contributed by atoms with Crippen LogP contribution in [0.25, 0.3) is 0 Å². The molecule has 4 N–H and O–H groups in total. The van der Waals surface area contributed by atoms with Crippen LogP contribution in [0.3, 0.4) is 0 Å². The molecular weight excluding hydrogens is 355 g/mol. The highest BCUT2D eigenvalue weighted by atomic mass is 79.9. The van der Waals surface area contributed by atoms with Gasteiger partial charge < -0.3 is 15.5 Å². The average molecular weight is 369 g/mol. The summed E-state index contributed by atoms with van der Waals surface area (Å²) in [6.45, 7) is -0.180. The van der Waals surface area contributed by atoms with Gasteiger partial charge in [-0.25, -0.2) is 9.18 Å². The first-order chi connectivity index (χ1) is 10.5. The quantitative estimate of drug-likeness (QED) is 0.647. The smallest absolute Gasteiger partial charge is 0.409 e. The Bertz CT molecular complexity index is 694. The van der Waals surface area contributed by atoms with Crippen molar-refractivity contribution in [3.63, 3.8) is 0 Å². The number of benzene rings is 2. The molecular formula is C15H14BrFN2O3. The van der Waals surface area contributed by atoms with Gasteiger partial charge in [-0.3, -0.25) is 5.32 Å². The van der Waals surface area contributed by atoms with E-state index in [1.807, 2.05) is 0 Å². The van der Waals surface area contributed by atoms with Gasteiger partial charge in [0.1, 0.15) is 5.82 Å². The van der Waals surface area contributed by atoms with Crippen LogP contribution in [0.4, 0.5) is 20.6 Å². The Labute approximate surface area is 134 Å². The average Bonchev–Trinajstić information content (AvgIpc) is 2.47. The molecule has 0 aromatic heterocycles. The molecule has 0 saturated heterocycles. The van der Waals surface area contributed by atoms with Crippen molar-refractivity contribution in [2.24, 2.45) is 0 Å². The van der Waals surface area contributed by atoms with Gasteiger partial charge >= 0.3 is 6.09 Å². The van der Waals surface area contributed by atoms with Gasteiger partial charge in [-0.2, -0.15) is 0 Å². The predicted octanol–water partition coefficient (Wildman–Crippen LogP) is 3.78. The van der Waals surface area contributed by atoms with Gasteiger partial charge in [0.15, 0.2) is 0 Å². The molecule has 7 heteroatoms. The van der Waals surface area contributed by atoms with Crippen LogP contribution >= 0.6 is 15.9 Å². The number of hydrogen-bond acceptors (Lipinski definition) is 3. The number of halogens is 2. The van der Waals surface area contributed by atoms with Gasteiger partial charge in [-0.1, -0.05) is 28.1 Å². The number of anilines is 2. The largest absolute Gasteiger partial charge is 0.465 e. The number of carbonyl (C=O) groups is 1. The van der Waals surface area contributed by atoms with Crippen LogP contribution in [0.5, 0.6) is 0 Å². The standard InChI is InChI=1S/C15H14BrFN2O3/c16-13-5-4-9(14(17)12(13)8-20)7-18-10-2-1-3-11(6-10)19-15(21)22/h1-6,18-20H,7-8H2,(H,21,22). The number of nitrogens with one attached hydrogen (secondary N) is 2. The Kier molecular flexibility index (Phi) is 5.35. The van der Waals surface area contributed by atoms with Gasteiger partial charge in [0.05, 0.1) is 6.61 Å². The van der Waals surface area contributed by atoms with E-state index in [1.54, 1.807) is 36.4 Å². The van der Waals surface area contributed by atoms with Crippen LogP contribution in [0.1, 0.15) is 11.1 Å². The van der Waals surface area contributed by atoms with Crippen molar-refractivity contribution in [1.29, 1.82) is 0 Å². The van der Waals surface area contributed by atoms with E-state index >= 15 is 0 Å². The number of aliphatic hydroxyl groups is 1. The molecule has 22 heavy (non-hydrogen) atoms. The molecule has 0 heterocycles. The van der Waals surface area contributed by atoms with Crippen molar-refractivity contribution in [2.45, 2.75) is 13.2 Å². The molecule has 0 aliphatic rings. The number of carboxylic acid groups (broad SMARTS) is 1. The van der Waals surface area contributed by atoms with E-state index in [9.17, 15) is 14.3 Å². The fraction of sp³-hybridized carbons (Fsp3) is 0.133. The molecule has 0 radical (unpaired) electrons. The van der Waals surface area contributed by atoms with E-state index in [0.29, 0.717) is 21.4 Å². The molecule has 2 aromatic carbocycles. The summed E-state index contributed by atoms with van der Waals surface area (Å²) in [6.07, 6.45) is -1.15. The van der Waals surface area contributed by atoms with Crippen molar-refractivity contribution >= 4 is 33.4 Å². The molecule has 5 nitrogen and oxygen atoms in total. The zero-order valence-electron chi connectivity index (χ0n) is 11.4. The maximum atomic E-state index is 14.2. The number of hydrogen-bond donors (Lipinski definition) is 4. The highest BCUT2D eigenvalue weighted by Gasteiger charge is 2.11. The van der Waals surface area contributed by atoms with Crippen LogP contribution in [0, 0.1) is 5.82 Å². The summed E-state index contributed by atoms with van der Waals surface area (Å²) in [5.74, 6) is -0.468. The van der Waals surface area contributed by atoms with Crippen LogP contribution in [-0.4, -0.2) is 16.3 Å². The van der Waals surface area contributed by atoms with Crippen molar-refractivity contribution in [3.8, 4) is 0 Å². The molecule has 0 saturated carbocycles. The van der Waals surface area contributed by atoms with Crippen molar-refractivity contribution in [3.05, 3.63) is 57.8 Å². The lowest BCUT2D eigenvalue weighted by Gasteiger charge is -2.11. The fourth-order valence-electron chi connectivity index (χ4n) is 1.96. The molecule has 2 rings (SSSR count). The van der Waals surface area contributed by atoms with Gasteiger partial charge in [0, 0.05) is 33.5 Å². The summed E-state index contributed by atoms with van der Waals surface area (Å²) in [5.41, 5.74) is 1.69. The van der Waals surface area contributed by atoms with Crippen molar-refractivity contribution < 1.29 is 19.4 Å². The van der Waals surface area contributed by atoms with Crippen LogP contribution in [0.15, 0.2) is 40.9 Å². The van der Waals surface area contributed by atoms with Crippen LogP contribution in [-0.2, 0) is 13.2 Å². The molecule has 0 spiro atoms. The van der Waals surface area contributed by atoms with Crippen molar-refractivity contribution in [2.75, 3.05) is 10.6 Å². The summed E-state index contributed by atoms with van der Waals surface area (Å²) >= 11 is 3.19. The molecule has 1 amide bonds. The van der Waals surface area contributed by atoms with E-state index in [-0.39, 0.29) is 12.1 Å². The SMILES string of the molecule is O=C(O)Nc1cccc(NCc2ccc(Br)c(CO)c2F)c1. The highest BCUT2D eigenvalue weighted by molar-refractivity contribution is 9.10. The maximum absolute atomic E-state index is 14.2. The Hall–Kier alpha value is -2.12. The molecule has 116 valence electrons. The van der Waals surface area contributed by atoms with E-state index in [1.165, 1.54) is 0 Å². The third kappa shape index (κ3) is 3.96. The van der Waals surface area contributed by atoms with E-state index in [0.717, 1.165) is 0 Å². The third-order valence-corrected chi connectivity index (χ3v) is 3.76. The topological polar surface area (TPSA) is 81.6 Å². The normalized spacial score (nSPS) is 10.3. The Balaban J connectivity index is 2.12. The molecule has 0 fully saturated rings. The fourth-order valence-corrected chi connectivity index (χ4v) is 2.39. The Morgan fingerprint density at radius 3 is 2.64 bits per heavy atom. The Morgan fingerprint density at radius 1 is 1.23 bits per heavy atom. The van der Waals surface area contributed by atoms with Crippen molar-refractivity contribution in [1.82, 2.24) is 0 Å². The summed E-state index contributed by atoms with van der Waals surface area (Å²) in [5, 5.41) is 23.1. The molecule has 0 aliphatic heterocycles. The minimum Gasteiger partial charge on any atom is -0.465 e. The maximum Gasteiger partial charge on any atom is 0.409 e. The molecule has 0 atom stereocenters. The number of aliphatic hydroxyl groups excluding tert-OH is 1. The van der Waals surface area contributed by atoms with Gasteiger partial charge in [-0.15, -0.1) is 0 Å². The molecule has 0 bridgehead atoms. The lowest BCUT2D eigenvalue weighted by atomic mass is 10.1. The van der Waals surface area contributed by atoms with Gasteiger partial charge in [0.2, 0.25) is 0 Å². The molecule has 0 aliphatic carbocycles. The Morgan fingerprint density at radius 2 is 1.95 bits per heavy atom. The van der Waals surface area contributed by atoms with E-state index < -0.39 is 18.5 Å². The molecule has 0 unspecified atom stereocenters. The summed E-state index contributed by atoms with van der Waals surface area (Å²) in [6, 6.07) is 9.95. The van der Waals surface area contributed by atoms with Crippen LogP contribution in [0.2, 0.25) is 0 Å². The summed E-state index contributed by atoms with van der Waals surface area (Å²) in [7, 11) is 0. The predicted molar refractivity (Wildman–Crippen MR) is 85.4 cm³/mol. The second-order valence-corrected chi connectivity index (χ2v) is 5.38. The van der Waals surface area contributed by atoms with E-state index in [4.69, 9.17) is 5.11 Å². The minimum absolute atomic E-state index is 0.209. The number of amides is 1. The number of rotatable bonds is 5. The minimum atomic E-state index is -1.15. The first-order valence-electron chi connectivity index (χ1n) is 6.41. The summed E-state index contributed by atoms with van der Waals surface area (Å²) < 4.78 is 14.7. The lowest BCUT2D eigenvalue weighted by molar-refractivity contribution is 0.210. The monoisotopic (exact) mass is 368 g/mol. The summed E-state index contributed by atoms with van der Waals surface area (Å²) in [4.78, 5) is 10.6. The third-order valence-electron chi connectivity index (χ3n) is 3.02. The second kappa shape index (κ2) is 7.24. The van der Waals surface area contributed by atoms with Gasteiger partial charge in [-0.05, 0) is 24.3 Å². The first-order valence-corrected chi connectivity index (χ1v) is 7.21. The first kappa shape index (κ1) is 16.3. The van der Waals surface area contributed by atoms with Crippen LogP contribution < -0.4 is 10.6 Å². The zero-order chi connectivity index (χ0) is 16.1. The van der Waals surface area contributed by atoms with E-state index in [2.05, 4.69) is 26.6 Å². The zero-order valence-corrected chi connectivity index (χ0v) is 13.0. The highest BCUT2D eigenvalue weighted by Crippen LogP contribution is 2.24. The lowest BCUT2D eigenvalue weighted by Crippen LogP contribution is -2.08. The second-order valence-electron chi connectivity index (χ2n) is 4.52. The molecule has 2 aromatic rings. The van der Waals surface area contributed by atoms with Gasteiger partial charge in [0.25, 0.3) is 0 Å².